The summed E-state index contributed by atoms with van der Waals surface area (Å²) in [6.07, 6.45) is 0. The summed E-state index contributed by atoms with van der Waals surface area (Å²) in [5.74, 6) is -0.772. The van der Waals surface area contributed by atoms with Crippen molar-refractivity contribution >= 4 is 11.9 Å². The molecule has 132 valence electrons. The second kappa shape index (κ2) is 7.70. The second-order valence-corrected chi connectivity index (χ2v) is 5.72. The molecule has 2 aromatic carbocycles. The largest absolute Gasteiger partial charge is 0.496 e. The highest BCUT2D eigenvalue weighted by molar-refractivity contribution is 6.00. The maximum Gasteiger partial charge on any atom is 0.315 e. The molecule has 0 aromatic heterocycles. The van der Waals surface area contributed by atoms with Gasteiger partial charge in [-0.05, 0) is 24.6 Å². The van der Waals surface area contributed by atoms with Gasteiger partial charge in [-0.3, -0.25) is 9.59 Å². The molecule has 25 heavy (non-hydrogen) atoms. The molecule has 1 unspecified atom stereocenters. The van der Waals surface area contributed by atoms with Crippen molar-refractivity contribution in [2.75, 3.05) is 20.8 Å². The normalized spacial score (nSPS) is 12.8. The molecular weight excluding hydrogens is 322 g/mol. The van der Waals surface area contributed by atoms with E-state index in [1.807, 2.05) is 6.07 Å². The van der Waals surface area contributed by atoms with Crippen LogP contribution < -0.4 is 14.8 Å². The van der Waals surface area contributed by atoms with Crippen molar-refractivity contribution in [3.63, 3.8) is 0 Å². The Morgan fingerprint density at radius 3 is 2.04 bits per heavy atom. The van der Waals surface area contributed by atoms with Crippen LogP contribution in [0.25, 0.3) is 0 Å². The Morgan fingerprint density at radius 2 is 1.56 bits per heavy atom. The average molecular weight is 343 g/mol. The molecule has 2 aromatic rings. The standard InChI is InChI=1S/C19H21NO5/c1-19(18(22)23,13-8-5-4-6-9-13)12-20-17(21)16-14(24-2)10-7-11-15(16)25-3/h4-11H,12H2,1-3H3,(H,20,21)(H,22,23). The fourth-order valence-corrected chi connectivity index (χ4v) is 2.53. The van der Waals surface area contributed by atoms with E-state index in [4.69, 9.17) is 9.47 Å². The summed E-state index contributed by atoms with van der Waals surface area (Å²) < 4.78 is 10.4. The maximum absolute atomic E-state index is 12.6. The highest BCUT2D eigenvalue weighted by Crippen LogP contribution is 2.29. The number of carboxylic acid groups (broad SMARTS) is 1. The lowest BCUT2D eigenvalue weighted by molar-refractivity contribution is -0.142. The Labute approximate surface area is 146 Å². The smallest absolute Gasteiger partial charge is 0.315 e. The van der Waals surface area contributed by atoms with Crippen molar-refractivity contribution in [2.24, 2.45) is 0 Å². The molecule has 0 fully saturated rings. The minimum Gasteiger partial charge on any atom is -0.496 e. The molecule has 0 aliphatic rings. The number of methoxy groups -OCH3 is 2. The number of carbonyl (C=O) groups excluding carboxylic acids is 1. The predicted molar refractivity (Wildman–Crippen MR) is 93.3 cm³/mol. The van der Waals surface area contributed by atoms with E-state index in [0.717, 1.165) is 0 Å². The van der Waals surface area contributed by atoms with E-state index in [1.54, 1.807) is 49.4 Å². The van der Waals surface area contributed by atoms with Crippen molar-refractivity contribution < 1.29 is 24.2 Å². The second-order valence-electron chi connectivity index (χ2n) is 5.72. The molecule has 0 bridgehead atoms. The number of carbonyl (C=O) groups is 2. The van der Waals surface area contributed by atoms with Gasteiger partial charge in [0.2, 0.25) is 0 Å². The Morgan fingerprint density at radius 1 is 1.00 bits per heavy atom. The first-order valence-corrected chi connectivity index (χ1v) is 7.72. The van der Waals surface area contributed by atoms with E-state index in [-0.39, 0.29) is 12.1 Å². The van der Waals surface area contributed by atoms with Gasteiger partial charge in [-0.1, -0.05) is 36.4 Å². The number of carboxylic acids is 1. The van der Waals surface area contributed by atoms with E-state index in [1.165, 1.54) is 14.2 Å². The molecule has 0 heterocycles. The first kappa shape index (κ1) is 18.3. The van der Waals surface area contributed by atoms with Crippen molar-refractivity contribution in [1.82, 2.24) is 5.32 Å². The van der Waals surface area contributed by atoms with Crippen LogP contribution in [0.3, 0.4) is 0 Å². The van der Waals surface area contributed by atoms with Crippen LogP contribution in [-0.4, -0.2) is 37.7 Å². The zero-order chi connectivity index (χ0) is 18.4. The third-order valence-corrected chi connectivity index (χ3v) is 4.14. The molecule has 0 saturated heterocycles. The Kier molecular flexibility index (Phi) is 5.64. The molecule has 2 rings (SSSR count). The zero-order valence-electron chi connectivity index (χ0n) is 14.4. The van der Waals surface area contributed by atoms with Crippen molar-refractivity contribution in [1.29, 1.82) is 0 Å². The number of ether oxygens (including phenoxy) is 2. The van der Waals surface area contributed by atoms with Crippen molar-refractivity contribution in [2.45, 2.75) is 12.3 Å². The average Bonchev–Trinajstić information content (AvgIpc) is 2.65. The van der Waals surface area contributed by atoms with Gasteiger partial charge in [0.15, 0.2) is 0 Å². The number of amides is 1. The van der Waals surface area contributed by atoms with Gasteiger partial charge >= 0.3 is 5.97 Å². The van der Waals surface area contributed by atoms with Gasteiger partial charge in [-0.15, -0.1) is 0 Å². The lowest BCUT2D eigenvalue weighted by Gasteiger charge is -2.26. The third-order valence-electron chi connectivity index (χ3n) is 4.14. The summed E-state index contributed by atoms with van der Waals surface area (Å²) >= 11 is 0. The van der Waals surface area contributed by atoms with Gasteiger partial charge in [-0.25, -0.2) is 0 Å². The maximum atomic E-state index is 12.6. The number of hydrogen-bond donors (Lipinski definition) is 2. The van der Waals surface area contributed by atoms with Gasteiger partial charge in [-0.2, -0.15) is 0 Å². The first-order valence-electron chi connectivity index (χ1n) is 7.72. The van der Waals surface area contributed by atoms with E-state index in [9.17, 15) is 14.7 Å². The lowest BCUT2D eigenvalue weighted by atomic mass is 9.82. The third kappa shape index (κ3) is 3.74. The van der Waals surface area contributed by atoms with E-state index in [2.05, 4.69) is 5.32 Å². The van der Waals surface area contributed by atoms with Gasteiger partial charge in [0.05, 0.1) is 14.2 Å². The molecular formula is C19H21NO5. The summed E-state index contributed by atoms with van der Waals surface area (Å²) in [5.41, 5.74) is -0.422. The van der Waals surface area contributed by atoms with E-state index in [0.29, 0.717) is 17.1 Å². The quantitative estimate of drug-likeness (QED) is 0.807. The number of benzene rings is 2. The predicted octanol–water partition coefficient (Wildman–Crippen LogP) is 2.48. The Balaban J connectivity index is 2.28. The Hall–Kier alpha value is -3.02. The monoisotopic (exact) mass is 343 g/mol. The fraction of sp³-hybridized carbons (Fsp3) is 0.263. The minimum atomic E-state index is -1.26. The van der Waals surface area contributed by atoms with Crippen LogP contribution in [-0.2, 0) is 10.2 Å². The summed E-state index contributed by atoms with van der Waals surface area (Å²) in [6, 6.07) is 13.8. The molecule has 0 radical (unpaired) electrons. The molecule has 1 atom stereocenters. The summed E-state index contributed by atoms with van der Waals surface area (Å²) in [6.45, 7) is 1.50. The zero-order valence-corrected chi connectivity index (χ0v) is 14.4. The Bertz CT molecular complexity index is 737. The SMILES string of the molecule is COc1cccc(OC)c1C(=O)NCC(C)(C(=O)O)c1ccccc1. The van der Waals surface area contributed by atoms with Crippen LogP contribution in [0.5, 0.6) is 11.5 Å². The highest BCUT2D eigenvalue weighted by Gasteiger charge is 2.36. The van der Waals surface area contributed by atoms with E-state index < -0.39 is 17.3 Å². The summed E-state index contributed by atoms with van der Waals surface area (Å²) in [5, 5.41) is 12.4. The van der Waals surface area contributed by atoms with Gasteiger partial charge in [0.1, 0.15) is 22.5 Å². The molecule has 0 aliphatic carbocycles. The molecule has 0 saturated carbocycles. The molecule has 1 amide bonds. The highest BCUT2D eigenvalue weighted by atomic mass is 16.5. The van der Waals surface area contributed by atoms with Crippen LogP contribution in [0, 0.1) is 0 Å². The molecule has 0 aliphatic heterocycles. The van der Waals surface area contributed by atoms with Gasteiger partial charge < -0.3 is 19.9 Å². The molecule has 6 nitrogen and oxygen atoms in total. The lowest BCUT2D eigenvalue weighted by Crippen LogP contribution is -2.44. The molecule has 0 spiro atoms. The number of aliphatic carboxylic acids is 1. The summed E-state index contributed by atoms with van der Waals surface area (Å²) in [4.78, 5) is 24.5. The van der Waals surface area contributed by atoms with Crippen molar-refractivity contribution in [3.05, 3.63) is 59.7 Å². The first-order chi connectivity index (χ1) is 11.9. The molecule has 2 N–H and O–H groups in total. The van der Waals surface area contributed by atoms with Gasteiger partial charge in [0.25, 0.3) is 5.91 Å². The number of rotatable bonds is 7. The van der Waals surface area contributed by atoms with Crippen LogP contribution in [0.1, 0.15) is 22.8 Å². The fourth-order valence-electron chi connectivity index (χ4n) is 2.53. The van der Waals surface area contributed by atoms with Crippen LogP contribution in [0.4, 0.5) is 0 Å². The van der Waals surface area contributed by atoms with Gasteiger partial charge in [0, 0.05) is 6.54 Å². The number of nitrogens with one attached hydrogen (secondary N) is 1. The minimum absolute atomic E-state index is 0.0770. The number of hydrogen-bond acceptors (Lipinski definition) is 4. The van der Waals surface area contributed by atoms with E-state index >= 15 is 0 Å². The van der Waals surface area contributed by atoms with Crippen LogP contribution in [0.2, 0.25) is 0 Å². The van der Waals surface area contributed by atoms with Crippen molar-refractivity contribution in [3.8, 4) is 11.5 Å². The molecule has 6 heteroatoms. The summed E-state index contributed by atoms with van der Waals surface area (Å²) in [7, 11) is 2.91. The topological polar surface area (TPSA) is 84.9 Å². The van der Waals surface area contributed by atoms with Crippen LogP contribution >= 0.6 is 0 Å². The van der Waals surface area contributed by atoms with Crippen LogP contribution in [0.15, 0.2) is 48.5 Å².